The first-order valence-corrected chi connectivity index (χ1v) is 3.62. The largest absolute Gasteiger partial charge is 0.277 e. The molecule has 0 atom stereocenters. The molecule has 0 bridgehead atoms. The summed E-state index contributed by atoms with van der Waals surface area (Å²) < 4.78 is 0.905. The molecule has 2 nitrogen and oxygen atoms in total. The summed E-state index contributed by atoms with van der Waals surface area (Å²) in [5, 5.41) is 0.453. The monoisotopic (exact) mass is 189 g/mol. The van der Waals surface area contributed by atoms with Crippen LogP contribution >= 0.6 is 23.4 Å². The average molecular weight is 190 g/mol. The van der Waals surface area contributed by atoms with Crippen LogP contribution in [0.15, 0.2) is 24.3 Å². The van der Waals surface area contributed by atoms with E-state index in [2.05, 4.69) is 0 Å². The van der Waals surface area contributed by atoms with Crippen LogP contribution in [0.5, 0.6) is 0 Å². The van der Waals surface area contributed by atoms with Crippen LogP contribution in [0.2, 0.25) is 5.02 Å². The second-order valence-electron chi connectivity index (χ2n) is 1.87. The number of carbonyl (C=O) groups excluding carboxylic acids is 1. The van der Waals surface area contributed by atoms with Gasteiger partial charge in [0.2, 0.25) is 6.41 Å². The number of hydrogen-bond acceptors (Lipinski definition) is 1. The lowest BCUT2D eigenvalue weighted by molar-refractivity contribution is -0.106. The summed E-state index contributed by atoms with van der Waals surface area (Å²) in [5.74, 6) is 0. The zero-order valence-electron chi connectivity index (χ0n) is 5.50. The standard InChI is InChI=1S/C7H5Cl2NO/c8-6-3-1-2-4-7(6)10(9)5-11/h1-5H. The molecule has 0 heterocycles. The molecule has 1 amide bonds. The Kier molecular flexibility index (Phi) is 2.74. The molecule has 1 rings (SSSR count). The van der Waals surface area contributed by atoms with Crippen LogP contribution in [-0.4, -0.2) is 6.41 Å². The van der Waals surface area contributed by atoms with Gasteiger partial charge < -0.3 is 0 Å². The quantitative estimate of drug-likeness (QED) is 0.518. The van der Waals surface area contributed by atoms with Crippen LogP contribution in [0.3, 0.4) is 0 Å². The van der Waals surface area contributed by atoms with Crippen molar-refractivity contribution in [2.75, 3.05) is 4.42 Å². The second kappa shape index (κ2) is 3.60. The third-order valence-corrected chi connectivity index (χ3v) is 1.76. The van der Waals surface area contributed by atoms with Gasteiger partial charge in [-0.1, -0.05) is 23.7 Å². The van der Waals surface area contributed by atoms with E-state index in [1.54, 1.807) is 24.3 Å². The Bertz CT molecular complexity index is 264. The van der Waals surface area contributed by atoms with Gasteiger partial charge in [0.15, 0.2) is 0 Å². The minimum absolute atomic E-state index is 0.453. The van der Waals surface area contributed by atoms with E-state index >= 15 is 0 Å². The number of carbonyl (C=O) groups is 1. The number of benzene rings is 1. The molecule has 0 saturated heterocycles. The van der Waals surface area contributed by atoms with Crippen LogP contribution in [0.1, 0.15) is 0 Å². The predicted molar refractivity (Wildman–Crippen MR) is 45.8 cm³/mol. The Balaban J connectivity index is 3.02. The van der Waals surface area contributed by atoms with Gasteiger partial charge in [0, 0.05) is 11.8 Å². The lowest BCUT2D eigenvalue weighted by Crippen LogP contribution is -2.05. The molecule has 0 aliphatic rings. The summed E-state index contributed by atoms with van der Waals surface area (Å²) in [4.78, 5) is 10.2. The van der Waals surface area contributed by atoms with Gasteiger partial charge in [-0.25, -0.2) is 4.42 Å². The fraction of sp³-hybridized carbons (Fsp3) is 0. The van der Waals surface area contributed by atoms with Crippen molar-refractivity contribution in [2.24, 2.45) is 0 Å². The smallest absolute Gasteiger partial charge is 0.228 e. The lowest BCUT2D eigenvalue weighted by atomic mass is 10.3. The van der Waals surface area contributed by atoms with Crippen LogP contribution in [0, 0.1) is 0 Å². The molecular formula is C7H5Cl2NO. The van der Waals surface area contributed by atoms with Crippen molar-refractivity contribution in [3.63, 3.8) is 0 Å². The third-order valence-electron chi connectivity index (χ3n) is 1.18. The van der Waals surface area contributed by atoms with Crippen molar-refractivity contribution in [3.8, 4) is 0 Å². The van der Waals surface area contributed by atoms with Crippen molar-refractivity contribution >= 4 is 35.5 Å². The number of halogens is 2. The SMILES string of the molecule is O=CN(Cl)c1ccccc1Cl. The molecule has 1 aromatic carbocycles. The number of anilines is 1. The van der Waals surface area contributed by atoms with Crippen LogP contribution in [-0.2, 0) is 4.79 Å². The molecule has 58 valence electrons. The predicted octanol–water partition coefficient (Wildman–Crippen LogP) is 2.46. The summed E-state index contributed by atoms with van der Waals surface area (Å²) in [6.45, 7) is 0. The van der Waals surface area contributed by atoms with Crippen molar-refractivity contribution in [3.05, 3.63) is 29.3 Å². The highest BCUT2D eigenvalue weighted by atomic mass is 35.5. The number of rotatable bonds is 2. The normalized spacial score (nSPS) is 9.27. The highest BCUT2D eigenvalue weighted by molar-refractivity contribution is 6.39. The Morgan fingerprint density at radius 1 is 1.36 bits per heavy atom. The zero-order chi connectivity index (χ0) is 8.27. The number of hydrogen-bond donors (Lipinski definition) is 0. The van der Waals surface area contributed by atoms with E-state index in [1.807, 2.05) is 0 Å². The molecule has 0 saturated carbocycles. The summed E-state index contributed by atoms with van der Waals surface area (Å²) in [6, 6.07) is 6.83. The average Bonchev–Trinajstić information content (AvgIpc) is 2.04. The van der Waals surface area contributed by atoms with E-state index < -0.39 is 0 Å². The molecule has 0 aliphatic carbocycles. The molecule has 0 aliphatic heterocycles. The Labute approximate surface area is 74.4 Å². The van der Waals surface area contributed by atoms with Crippen molar-refractivity contribution in [2.45, 2.75) is 0 Å². The molecule has 11 heavy (non-hydrogen) atoms. The number of amides is 1. The van der Waals surface area contributed by atoms with Gasteiger partial charge in [-0.05, 0) is 12.1 Å². The summed E-state index contributed by atoms with van der Waals surface area (Å²) in [6.07, 6.45) is 0.489. The molecular weight excluding hydrogens is 185 g/mol. The zero-order valence-corrected chi connectivity index (χ0v) is 7.01. The topological polar surface area (TPSA) is 20.3 Å². The van der Waals surface area contributed by atoms with Gasteiger partial charge in [0.1, 0.15) is 0 Å². The number of para-hydroxylation sites is 1. The van der Waals surface area contributed by atoms with Crippen LogP contribution in [0.4, 0.5) is 5.69 Å². The van der Waals surface area contributed by atoms with Crippen molar-refractivity contribution in [1.29, 1.82) is 0 Å². The first-order valence-electron chi connectivity index (χ1n) is 2.90. The molecule has 0 N–H and O–H groups in total. The lowest BCUT2D eigenvalue weighted by Gasteiger charge is -2.07. The Morgan fingerprint density at radius 2 is 2.00 bits per heavy atom. The van der Waals surface area contributed by atoms with Gasteiger partial charge in [0.05, 0.1) is 10.7 Å². The minimum atomic E-state index is 0.453. The minimum Gasteiger partial charge on any atom is -0.277 e. The summed E-state index contributed by atoms with van der Waals surface area (Å²) >= 11 is 11.2. The first-order chi connectivity index (χ1) is 5.25. The second-order valence-corrected chi connectivity index (χ2v) is 2.64. The highest BCUT2D eigenvalue weighted by Gasteiger charge is 2.04. The molecule has 0 spiro atoms. The van der Waals surface area contributed by atoms with Crippen molar-refractivity contribution < 1.29 is 4.79 Å². The fourth-order valence-corrected chi connectivity index (χ4v) is 1.10. The molecule has 0 aromatic heterocycles. The highest BCUT2D eigenvalue weighted by Crippen LogP contribution is 2.24. The van der Waals surface area contributed by atoms with Gasteiger partial charge >= 0.3 is 0 Å². The van der Waals surface area contributed by atoms with E-state index in [4.69, 9.17) is 23.4 Å². The van der Waals surface area contributed by atoms with E-state index in [0.29, 0.717) is 17.1 Å². The van der Waals surface area contributed by atoms with Crippen LogP contribution < -0.4 is 4.42 Å². The maximum atomic E-state index is 10.2. The molecule has 0 radical (unpaired) electrons. The van der Waals surface area contributed by atoms with Gasteiger partial charge in [-0.15, -0.1) is 0 Å². The fourth-order valence-electron chi connectivity index (χ4n) is 0.682. The molecule has 0 unspecified atom stereocenters. The Morgan fingerprint density at radius 3 is 2.55 bits per heavy atom. The van der Waals surface area contributed by atoms with Crippen LogP contribution in [0.25, 0.3) is 0 Å². The van der Waals surface area contributed by atoms with E-state index in [9.17, 15) is 4.79 Å². The molecule has 4 heteroatoms. The van der Waals surface area contributed by atoms with E-state index in [0.717, 1.165) is 4.42 Å². The van der Waals surface area contributed by atoms with Gasteiger partial charge in [0.25, 0.3) is 0 Å². The molecule has 1 aromatic rings. The summed E-state index contributed by atoms with van der Waals surface area (Å²) in [7, 11) is 0. The molecule has 0 fully saturated rings. The third kappa shape index (κ3) is 1.85. The first kappa shape index (κ1) is 8.37. The van der Waals surface area contributed by atoms with Gasteiger partial charge in [-0.3, -0.25) is 4.79 Å². The summed E-state index contributed by atoms with van der Waals surface area (Å²) in [5.41, 5.74) is 0.492. The number of nitrogens with zero attached hydrogens (tertiary/aromatic N) is 1. The van der Waals surface area contributed by atoms with Crippen molar-refractivity contribution in [1.82, 2.24) is 0 Å². The van der Waals surface area contributed by atoms with Gasteiger partial charge in [-0.2, -0.15) is 0 Å². The maximum Gasteiger partial charge on any atom is 0.228 e. The van der Waals surface area contributed by atoms with E-state index in [-0.39, 0.29) is 0 Å². The maximum absolute atomic E-state index is 10.2. The Hall–Kier alpha value is -0.730. The van der Waals surface area contributed by atoms with E-state index in [1.165, 1.54) is 0 Å².